The first-order valence-electron chi connectivity index (χ1n) is 8.31. The van der Waals surface area contributed by atoms with Crippen LogP contribution in [0, 0.1) is 6.92 Å². The molecule has 6 nitrogen and oxygen atoms in total. The Morgan fingerprint density at radius 2 is 2.00 bits per heavy atom. The third-order valence-corrected chi connectivity index (χ3v) is 5.40. The molecule has 0 aliphatic carbocycles. The molecule has 1 atom stereocenters. The zero-order valence-corrected chi connectivity index (χ0v) is 13.8. The summed E-state index contributed by atoms with van der Waals surface area (Å²) in [5.74, 6) is 2.02. The van der Waals surface area contributed by atoms with Crippen LogP contribution in [0.1, 0.15) is 56.7 Å². The van der Waals surface area contributed by atoms with Crippen molar-refractivity contribution in [3.8, 4) is 0 Å². The molecule has 0 saturated carbocycles. The molecule has 0 spiro atoms. The Balaban J connectivity index is 1.62. The van der Waals surface area contributed by atoms with E-state index in [0.29, 0.717) is 11.8 Å². The lowest BCUT2D eigenvalue weighted by Gasteiger charge is -2.45. The van der Waals surface area contributed by atoms with Crippen molar-refractivity contribution in [2.24, 2.45) is 0 Å². The number of likely N-dealkylation sites (tertiary alicyclic amines) is 2. The molecule has 0 aromatic carbocycles. The fourth-order valence-corrected chi connectivity index (χ4v) is 3.69. The summed E-state index contributed by atoms with van der Waals surface area (Å²) in [6, 6.07) is 0. The van der Waals surface area contributed by atoms with Gasteiger partial charge in [0.15, 0.2) is 5.82 Å². The number of carbonyl (C=O) groups excluding carboxylic acids is 1. The monoisotopic (exact) mass is 306 g/mol. The molecule has 3 heterocycles. The highest BCUT2D eigenvalue weighted by molar-refractivity contribution is 5.86. The highest BCUT2D eigenvalue weighted by atomic mass is 16.5. The summed E-state index contributed by atoms with van der Waals surface area (Å²) in [6.45, 7) is 6.51. The second-order valence-corrected chi connectivity index (χ2v) is 6.89. The molecule has 0 radical (unpaired) electrons. The van der Waals surface area contributed by atoms with Crippen molar-refractivity contribution < 1.29 is 9.32 Å². The quantitative estimate of drug-likeness (QED) is 0.836. The van der Waals surface area contributed by atoms with E-state index in [1.54, 1.807) is 0 Å². The largest absolute Gasteiger partial charge is 0.341 e. The Hall–Kier alpha value is -1.43. The number of piperidine rings is 2. The van der Waals surface area contributed by atoms with Gasteiger partial charge in [-0.3, -0.25) is 9.69 Å². The summed E-state index contributed by atoms with van der Waals surface area (Å²) in [4.78, 5) is 21.6. The van der Waals surface area contributed by atoms with Crippen molar-refractivity contribution in [1.29, 1.82) is 0 Å². The van der Waals surface area contributed by atoms with E-state index < -0.39 is 0 Å². The maximum atomic E-state index is 13.0. The SMILES string of the molecule is Cc1nc(C2CCN(C(=O)C3(C)CCCCN3C)CC2)no1. The Kier molecular flexibility index (Phi) is 4.21. The van der Waals surface area contributed by atoms with Crippen LogP contribution in [-0.4, -0.2) is 58.1 Å². The summed E-state index contributed by atoms with van der Waals surface area (Å²) in [5, 5.41) is 4.03. The van der Waals surface area contributed by atoms with Gasteiger partial charge in [0, 0.05) is 25.9 Å². The fourth-order valence-electron chi connectivity index (χ4n) is 3.69. The summed E-state index contributed by atoms with van der Waals surface area (Å²) in [7, 11) is 2.08. The molecule has 1 amide bonds. The highest BCUT2D eigenvalue weighted by Gasteiger charge is 2.42. The second kappa shape index (κ2) is 5.99. The van der Waals surface area contributed by atoms with E-state index in [-0.39, 0.29) is 11.4 Å². The molecule has 0 bridgehead atoms. The lowest BCUT2D eigenvalue weighted by atomic mass is 9.86. The molecule has 122 valence electrons. The number of likely N-dealkylation sites (N-methyl/N-ethyl adjacent to an activating group) is 1. The molecule has 6 heteroatoms. The number of hydrogen-bond acceptors (Lipinski definition) is 5. The molecular formula is C16H26N4O2. The number of rotatable bonds is 2. The molecule has 0 N–H and O–H groups in total. The van der Waals surface area contributed by atoms with Crippen LogP contribution in [0.15, 0.2) is 4.52 Å². The average Bonchev–Trinajstić information content (AvgIpc) is 2.96. The van der Waals surface area contributed by atoms with Crippen molar-refractivity contribution in [3.05, 3.63) is 11.7 Å². The first-order valence-corrected chi connectivity index (χ1v) is 8.31. The van der Waals surface area contributed by atoms with Gasteiger partial charge in [-0.15, -0.1) is 0 Å². The summed E-state index contributed by atoms with van der Waals surface area (Å²) >= 11 is 0. The predicted molar refractivity (Wildman–Crippen MR) is 82.5 cm³/mol. The third kappa shape index (κ3) is 2.76. The maximum Gasteiger partial charge on any atom is 0.242 e. The Bertz CT molecular complexity index is 536. The van der Waals surface area contributed by atoms with Crippen LogP contribution in [0.25, 0.3) is 0 Å². The van der Waals surface area contributed by atoms with Crippen molar-refractivity contribution >= 4 is 5.91 Å². The minimum absolute atomic E-state index is 0.289. The third-order valence-electron chi connectivity index (χ3n) is 5.40. The van der Waals surface area contributed by atoms with Crippen molar-refractivity contribution in [1.82, 2.24) is 19.9 Å². The standard InChI is InChI=1S/C16H26N4O2/c1-12-17-14(18-22-12)13-6-10-20(11-7-13)15(21)16(2)8-4-5-9-19(16)3/h13H,4-11H2,1-3H3. The molecular weight excluding hydrogens is 280 g/mol. The molecule has 22 heavy (non-hydrogen) atoms. The Morgan fingerprint density at radius 1 is 1.27 bits per heavy atom. The topological polar surface area (TPSA) is 62.5 Å². The average molecular weight is 306 g/mol. The minimum atomic E-state index is -0.326. The van der Waals surface area contributed by atoms with E-state index in [4.69, 9.17) is 4.52 Å². The van der Waals surface area contributed by atoms with E-state index in [1.807, 2.05) is 11.8 Å². The van der Waals surface area contributed by atoms with Gasteiger partial charge in [0.1, 0.15) is 0 Å². The normalized spacial score (nSPS) is 28.0. The lowest BCUT2D eigenvalue weighted by molar-refractivity contribution is -0.146. The summed E-state index contributed by atoms with van der Waals surface area (Å²) in [5.41, 5.74) is -0.326. The van der Waals surface area contributed by atoms with Crippen LogP contribution in [-0.2, 0) is 4.79 Å². The summed E-state index contributed by atoms with van der Waals surface area (Å²) in [6.07, 6.45) is 5.14. The van der Waals surface area contributed by atoms with Crippen LogP contribution in [0.2, 0.25) is 0 Å². The van der Waals surface area contributed by atoms with Gasteiger partial charge < -0.3 is 9.42 Å². The van der Waals surface area contributed by atoms with Gasteiger partial charge in [-0.2, -0.15) is 4.98 Å². The molecule has 2 aliphatic rings. The van der Waals surface area contributed by atoms with Crippen molar-refractivity contribution in [3.63, 3.8) is 0 Å². The lowest BCUT2D eigenvalue weighted by Crippen LogP contribution is -2.59. The zero-order chi connectivity index (χ0) is 15.7. The summed E-state index contributed by atoms with van der Waals surface area (Å²) < 4.78 is 5.07. The predicted octanol–water partition coefficient (Wildman–Crippen LogP) is 1.96. The van der Waals surface area contributed by atoms with Crippen LogP contribution in [0.3, 0.4) is 0 Å². The molecule has 2 saturated heterocycles. The van der Waals surface area contributed by atoms with Crippen molar-refractivity contribution in [2.75, 3.05) is 26.7 Å². The number of hydrogen-bond donors (Lipinski definition) is 0. The van der Waals surface area contributed by atoms with Gasteiger partial charge in [0.25, 0.3) is 0 Å². The van der Waals surface area contributed by atoms with Gasteiger partial charge in [-0.1, -0.05) is 5.16 Å². The maximum absolute atomic E-state index is 13.0. The van der Waals surface area contributed by atoms with Gasteiger partial charge >= 0.3 is 0 Å². The Morgan fingerprint density at radius 3 is 2.59 bits per heavy atom. The Labute approximate surface area is 131 Å². The first-order chi connectivity index (χ1) is 10.5. The first kappa shape index (κ1) is 15.5. The number of aryl methyl sites for hydroxylation is 1. The van der Waals surface area contributed by atoms with E-state index in [2.05, 4.69) is 29.0 Å². The molecule has 1 aromatic rings. The fraction of sp³-hybridized carbons (Fsp3) is 0.812. The molecule has 2 aliphatic heterocycles. The smallest absolute Gasteiger partial charge is 0.242 e. The molecule has 1 aromatic heterocycles. The molecule has 3 rings (SSSR count). The van der Waals surface area contributed by atoms with Gasteiger partial charge in [0.05, 0.1) is 5.54 Å². The number of nitrogens with zero attached hydrogens (tertiary/aromatic N) is 4. The molecule has 2 fully saturated rings. The van der Waals surface area contributed by atoms with E-state index in [1.165, 1.54) is 6.42 Å². The second-order valence-electron chi connectivity index (χ2n) is 6.89. The van der Waals surface area contributed by atoms with Gasteiger partial charge in [-0.25, -0.2) is 0 Å². The minimum Gasteiger partial charge on any atom is -0.341 e. The zero-order valence-electron chi connectivity index (χ0n) is 13.8. The molecule has 1 unspecified atom stereocenters. The number of aromatic nitrogens is 2. The van der Waals surface area contributed by atoms with E-state index >= 15 is 0 Å². The van der Waals surface area contributed by atoms with Crippen LogP contribution < -0.4 is 0 Å². The van der Waals surface area contributed by atoms with E-state index in [0.717, 1.165) is 51.1 Å². The number of carbonyl (C=O) groups is 1. The van der Waals surface area contributed by atoms with Crippen LogP contribution in [0.4, 0.5) is 0 Å². The highest BCUT2D eigenvalue weighted by Crippen LogP contribution is 2.32. The van der Waals surface area contributed by atoms with Gasteiger partial charge in [-0.05, 0) is 52.6 Å². The van der Waals surface area contributed by atoms with Crippen LogP contribution >= 0.6 is 0 Å². The number of amides is 1. The van der Waals surface area contributed by atoms with Gasteiger partial charge in [0.2, 0.25) is 11.8 Å². The van der Waals surface area contributed by atoms with Crippen molar-refractivity contribution in [2.45, 2.75) is 57.4 Å². The van der Waals surface area contributed by atoms with E-state index in [9.17, 15) is 4.79 Å². The van der Waals surface area contributed by atoms with Crippen LogP contribution in [0.5, 0.6) is 0 Å².